The van der Waals surface area contributed by atoms with Crippen LogP contribution in [0.5, 0.6) is 11.5 Å². The number of amides is 4. The minimum atomic E-state index is -0.717. The molecule has 0 radical (unpaired) electrons. The Hall–Kier alpha value is -3.27. The molecule has 10 nitrogen and oxygen atoms in total. The molecule has 2 heterocycles. The molecule has 0 bridgehead atoms. The molecule has 31 heavy (non-hydrogen) atoms. The van der Waals surface area contributed by atoms with E-state index in [1.807, 2.05) is 0 Å². The first-order chi connectivity index (χ1) is 14.9. The van der Waals surface area contributed by atoms with Gasteiger partial charge >= 0.3 is 6.03 Å². The Morgan fingerprint density at radius 2 is 2.00 bits per heavy atom. The van der Waals surface area contributed by atoms with Crippen LogP contribution in [-0.4, -0.2) is 82.3 Å². The number of carbonyl (C=O) groups is 3. The van der Waals surface area contributed by atoms with Crippen LogP contribution in [0.1, 0.15) is 18.0 Å². The summed E-state index contributed by atoms with van der Waals surface area (Å²) in [6, 6.07) is 4.23. The van der Waals surface area contributed by atoms with E-state index in [1.165, 1.54) is 24.0 Å². The third-order valence-electron chi connectivity index (χ3n) is 5.36. The summed E-state index contributed by atoms with van der Waals surface area (Å²) in [6.07, 6.45) is 0.684. The Bertz CT molecular complexity index is 900. The van der Waals surface area contributed by atoms with E-state index in [2.05, 4.69) is 10.6 Å². The average molecular weight is 432 g/mol. The summed E-state index contributed by atoms with van der Waals surface area (Å²) in [7, 11) is 6.23. The zero-order chi connectivity index (χ0) is 22.5. The summed E-state index contributed by atoms with van der Waals surface area (Å²) in [5, 5.41) is 5.64. The Kier molecular flexibility index (Phi) is 7.01. The van der Waals surface area contributed by atoms with E-state index >= 15 is 0 Å². The van der Waals surface area contributed by atoms with Crippen LogP contribution < -0.4 is 20.1 Å². The van der Waals surface area contributed by atoms with Crippen LogP contribution in [0.4, 0.5) is 4.79 Å². The number of ether oxygens (including phenoxy) is 3. The Morgan fingerprint density at radius 1 is 1.23 bits per heavy atom. The summed E-state index contributed by atoms with van der Waals surface area (Å²) in [5.41, 5.74) is 1.59. The zero-order valence-electron chi connectivity index (χ0n) is 18.2. The second kappa shape index (κ2) is 9.69. The minimum absolute atomic E-state index is 0.0944. The van der Waals surface area contributed by atoms with E-state index in [9.17, 15) is 14.4 Å². The average Bonchev–Trinajstić information content (AvgIpc) is 3.09. The lowest BCUT2D eigenvalue weighted by Crippen LogP contribution is -2.45. The molecule has 2 aliphatic heterocycles. The van der Waals surface area contributed by atoms with Gasteiger partial charge in [-0.15, -0.1) is 0 Å². The van der Waals surface area contributed by atoms with Gasteiger partial charge in [-0.05, 0) is 12.5 Å². The van der Waals surface area contributed by atoms with Gasteiger partial charge in [-0.25, -0.2) is 4.79 Å². The molecule has 2 aliphatic rings. The highest BCUT2D eigenvalue weighted by Gasteiger charge is 2.44. The molecule has 0 aliphatic carbocycles. The Labute approximate surface area is 181 Å². The molecule has 0 aromatic heterocycles. The fourth-order valence-electron chi connectivity index (χ4n) is 3.80. The largest absolute Gasteiger partial charge is 0.493 e. The molecule has 168 valence electrons. The summed E-state index contributed by atoms with van der Waals surface area (Å²) in [6.45, 7) is 1.09. The molecular weight excluding hydrogens is 404 g/mol. The van der Waals surface area contributed by atoms with Crippen molar-refractivity contribution in [3.8, 4) is 11.5 Å². The molecule has 1 aromatic rings. The normalized spacial score (nSPS) is 18.1. The lowest BCUT2D eigenvalue weighted by atomic mass is 9.94. The summed E-state index contributed by atoms with van der Waals surface area (Å²) < 4.78 is 15.8. The number of likely N-dealkylation sites (N-methyl/N-ethyl adjacent to an activating group) is 1. The van der Waals surface area contributed by atoms with Gasteiger partial charge in [0.2, 0.25) is 5.91 Å². The SMILES string of the molecule is COCCCNC(=O)CN1CC2=C(C1=O)C(c1cccc(OC)c1OC)NC(=O)N2C. The number of rotatable bonds is 9. The molecular formula is C21H28N4O6. The number of carbonyl (C=O) groups excluding carboxylic acids is 3. The van der Waals surface area contributed by atoms with Crippen molar-refractivity contribution in [3.05, 3.63) is 35.0 Å². The highest BCUT2D eigenvalue weighted by molar-refractivity contribution is 6.03. The standard InChI is InChI=1S/C21H28N4O6/c1-24-14-11-25(12-16(26)22-9-6-10-29-2)20(27)17(14)18(23-21(24)28)13-7-5-8-15(30-3)19(13)31-4/h5,7-8,18H,6,9-12H2,1-4H3,(H,22,26)(H,23,28). The van der Waals surface area contributed by atoms with Gasteiger partial charge in [-0.1, -0.05) is 12.1 Å². The number of nitrogens with zero attached hydrogens (tertiary/aromatic N) is 2. The van der Waals surface area contributed by atoms with Gasteiger partial charge in [0.25, 0.3) is 5.91 Å². The predicted molar refractivity (Wildman–Crippen MR) is 112 cm³/mol. The van der Waals surface area contributed by atoms with Gasteiger partial charge in [-0.3, -0.25) is 14.5 Å². The predicted octanol–water partition coefficient (Wildman–Crippen LogP) is 0.649. The molecule has 0 fully saturated rings. The Morgan fingerprint density at radius 3 is 2.68 bits per heavy atom. The van der Waals surface area contributed by atoms with E-state index in [0.717, 1.165) is 0 Å². The van der Waals surface area contributed by atoms with Gasteiger partial charge in [-0.2, -0.15) is 0 Å². The quantitative estimate of drug-likeness (QED) is 0.555. The fourth-order valence-corrected chi connectivity index (χ4v) is 3.80. The molecule has 4 amide bonds. The summed E-state index contributed by atoms with van der Waals surface area (Å²) >= 11 is 0. The number of urea groups is 1. The molecule has 2 N–H and O–H groups in total. The van der Waals surface area contributed by atoms with Crippen LogP contribution in [-0.2, 0) is 14.3 Å². The van der Waals surface area contributed by atoms with E-state index in [4.69, 9.17) is 14.2 Å². The maximum Gasteiger partial charge on any atom is 0.322 e. The fraction of sp³-hybridized carbons (Fsp3) is 0.476. The van der Waals surface area contributed by atoms with E-state index < -0.39 is 6.04 Å². The smallest absolute Gasteiger partial charge is 0.322 e. The van der Waals surface area contributed by atoms with Gasteiger partial charge in [0, 0.05) is 32.9 Å². The van der Waals surface area contributed by atoms with E-state index in [0.29, 0.717) is 47.9 Å². The number of para-hydroxylation sites is 1. The first-order valence-electron chi connectivity index (χ1n) is 9.96. The molecule has 1 atom stereocenters. The van der Waals surface area contributed by atoms with Gasteiger partial charge in [0.05, 0.1) is 38.1 Å². The molecule has 10 heteroatoms. The van der Waals surface area contributed by atoms with Crippen LogP contribution in [0.25, 0.3) is 0 Å². The molecule has 1 aromatic carbocycles. The topological polar surface area (TPSA) is 109 Å². The maximum absolute atomic E-state index is 13.3. The number of methoxy groups -OCH3 is 3. The van der Waals surface area contributed by atoms with Crippen molar-refractivity contribution in [3.63, 3.8) is 0 Å². The molecule has 0 spiro atoms. The van der Waals surface area contributed by atoms with Crippen LogP contribution >= 0.6 is 0 Å². The lowest BCUT2D eigenvalue weighted by Gasteiger charge is -2.31. The van der Waals surface area contributed by atoms with Crippen LogP contribution in [0.3, 0.4) is 0 Å². The second-order valence-corrected chi connectivity index (χ2v) is 7.24. The van der Waals surface area contributed by atoms with Crippen LogP contribution in [0.2, 0.25) is 0 Å². The number of benzene rings is 1. The van der Waals surface area contributed by atoms with Gasteiger partial charge in [0.15, 0.2) is 11.5 Å². The molecule has 0 saturated carbocycles. The minimum Gasteiger partial charge on any atom is -0.493 e. The number of hydrogen-bond acceptors (Lipinski definition) is 6. The molecule has 3 rings (SSSR count). The van der Waals surface area contributed by atoms with E-state index in [1.54, 1.807) is 32.4 Å². The molecule has 0 saturated heterocycles. The maximum atomic E-state index is 13.3. The monoisotopic (exact) mass is 432 g/mol. The van der Waals surface area contributed by atoms with Crippen molar-refractivity contribution in [2.75, 3.05) is 54.6 Å². The third kappa shape index (κ3) is 4.43. The highest BCUT2D eigenvalue weighted by Crippen LogP contribution is 2.42. The van der Waals surface area contributed by atoms with Crippen molar-refractivity contribution in [2.24, 2.45) is 0 Å². The van der Waals surface area contributed by atoms with Crippen molar-refractivity contribution in [2.45, 2.75) is 12.5 Å². The van der Waals surface area contributed by atoms with Crippen molar-refractivity contribution >= 4 is 17.8 Å². The lowest BCUT2D eigenvalue weighted by molar-refractivity contribution is -0.131. The van der Waals surface area contributed by atoms with Gasteiger partial charge in [0.1, 0.15) is 6.54 Å². The van der Waals surface area contributed by atoms with Crippen molar-refractivity contribution in [1.29, 1.82) is 0 Å². The summed E-state index contributed by atoms with van der Waals surface area (Å²) in [5.74, 6) is 0.368. The van der Waals surface area contributed by atoms with Crippen molar-refractivity contribution < 1.29 is 28.6 Å². The van der Waals surface area contributed by atoms with Crippen LogP contribution in [0.15, 0.2) is 29.5 Å². The summed E-state index contributed by atoms with van der Waals surface area (Å²) in [4.78, 5) is 41.0. The first kappa shape index (κ1) is 22.4. The second-order valence-electron chi connectivity index (χ2n) is 7.24. The van der Waals surface area contributed by atoms with Crippen LogP contribution in [0, 0.1) is 0 Å². The highest BCUT2D eigenvalue weighted by atomic mass is 16.5. The van der Waals surface area contributed by atoms with Crippen molar-refractivity contribution in [1.82, 2.24) is 20.4 Å². The van der Waals surface area contributed by atoms with E-state index in [-0.39, 0.29) is 30.9 Å². The Balaban J connectivity index is 1.85. The molecule has 1 unspecified atom stereocenters. The third-order valence-corrected chi connectivity index (χ3v) is 5.36. The first-order valence-corrected chi connectivity index (χ1v) is 9.96. The zero-order valence-corrected chi connectivity index (χ0v) is 18.2. The number of nitrogens with one attached hydrogen (secondary N) is 2. The number of hydrogen-bond donors (Lipinski definition) is 2. The van der Waals surface area contributed by atoms with Gasteiger partial charge < -0.3 is 29.7 Å².